The number of hydrogen-bond donors (Lipinski definition) is 2. The van der Waals surface area contributed by atoms with Gasteiger partial charge < -0.3 is 24.3 Å². The summed E-state index contributed by atoms with van der Waals surface area (Å²) in [6.45, 7) is 0.108. The maximum absolute atomic E-state index is 12.5. The van der Waals surface area contributed by atoms with E-state index in [2.05, 4.69) is 15.8 Å². The topological polar surface area (TPSA) is 107 Å². The molecule has 0 spiro atoms. The molecule has 0 radical (unpaired) electrons. The average molecular weight is 512 g/mol. The number of carbonyl (C=O) groups excluding carboxylic acids is 2. The number of methoxy groups -OCH3 is 3. The van der Waals surface area contributed by atoms with Crippen molar-refractivity contribution < 1.29 is 28.5 Å². The van der Waals surface area contributed by atoms with Gasteiger partial charge in [-0.3, -0.25) is 9.59 Å². The van der Waals surface area contributed by atoms with Crippen LogP contribution >= 0.6 is 11.6 Å². The van der Waals surface area contributed by atoms with E-state index in [0.29, 0.717) is 34.6 Å². The van der Waals surface area contributed by atoms with Crippen LogP contribution in [0.5, 0.6) is 23.0 Å². The van der Waals surface area contributed by atoms with E-state index in [1.807, 2.05) is 30.3 Å². The molecule has 0 heterocycles. The summed E-state index contributed by atoms with van der Waals surface area (Å²) in [4.78, 5) is 24.6. The molecule has 10 heteroatoms. The van der Waals surface area contributed by atoms with Gasteiger partial charge in [0.2, 0.25) is 5.75 Å². The Bertz CT molecular complexity index is 1210. The van der Waals surface area contributed by atoms with Gasteiger partial charge in [0.05, 0.1) is 34.1 Å². The van der Waals surface area contributed by atoms with Crippen LogP contribution in [-0.4, -0.2) is 45.9 Å². The van der Waals surface area contributed by atoms with Crippen molar-refractivity contribution in [3.05, 3.63) is 82.4 Å². The summed E-state index contributed by atoms with van der Waals surface area (Å²) in [5, 5.41) is 7.13. The molecule has 188 valence electrons. The van der Waals surface area contributed by atoms with Gasteiger partial charge >= 0.3 is 0 Å². The van der Waals surface area contributed by atoms with E-state index in [9.17, 15) is 9.59 Å². The van der Waals surface area contributed by atoms with Gasteiger partial charge in [-0.1, -0.05) is 35.9 Å². The lowest BCUT2D eigenvalue weighted by Crippen LogP contribution is -2.34. The normalized spacial score (nSPS) is 10.6. The smallest absolute Gasteiger partial charge is 0.259 e. The molecule has 0 aliphatic carbocycles. The highest BCUT2D eigenvalue weighted by atomic mass is 35.5. The van der Waals surface area contributed by atoms with E-state index in [1.54, 1.807) is 18.2 Å². The number of hydrazone groups is 1. The number of benzene rings is 3. The van der Waals surface area contributed by atoms with Crippen LogP contribution in [-0.2, 0) is 11.4 Å². The van der Waals surface area contributed by atoms with Gasteiger partial charge in [-0.05, 0) is 47.5 Å². The minimum Gasteiger partial charge on any atom is -0.493 e. The van der Waals surface area contributed by atoms with Gasteiger partial charge in [-0.25, -0.2) is 5.43 Å². The number of ether oxygens (including phenoxy) is 4. The van der Waals surface area contributed by atoms with Crippen LogP contribution in [0.1, 0.15) is 21.5 Å². The highest BCUT2D eigenvalue weighted by molar-refractivity contribution is 6.30. The van der Waals surface area contributed by atoms with Crippen LogP contribution in [0.15, 0.2) is 65.8 Å². The molecule has 3 rings (SSSR count). The van der Waals surface area contributed by atoms with Gasteiger partial charge in [0.25, 0.3) is 11.8 Å². The Balaban J connectivity index is 1.50. The maximum Gasteiger partial charge on any atom is 0.259 e. The van der Waals surface area contributed by atoms with Crippen molar-refractivity contribution in [3.8, 4) is 23.0 Å². The molecule has 0 aromatic heterocycles. The first-order valence-electron chi connectivity index (χ1n) is 10.8. The van der Waals surface area contributed by atoms with Crippen molar-refractivity contribution >= 4 is 29.6 Å². The second kappa shape index (κ2) is 13.0. The molecule has 0 aliphatic rings. The Morgan fingerprint density at radius 2 is 1.64 bits per heavy atom. The number of hydrogen-bond acceptors (Lipinski definition) is 7. The Kier molecular flexibility index (Phi) is 9.53. The van der Waals surface area contributed by atoms with Gasteiger partial charge in [0.15, 0.2) is 11.5 Å². The third kappa shape index (κ3) is 7.38. The Morgan fingerprint density at radius 1 is 0.944 bits per heavy atom. The van der Waals surface area contributed by atoms with Crippen molar-refractivity contribution in [1.29, 1.82) is 0 Å². The molecule has 0 aliphatic heterocycles. The summed E-state index contributed by atoms with van der Waals surface area (Å²) in [6.07, 6.45) is 1.48. The molecule has 0 unspecified atom stereocenters. The zero-order valence-electron chi connectivity index (χ0n) is 20.0. The first-order valence-corrected chi connectivity index (χ1v) is 11.2. The second-order valence-electron chi connectivity index (χ2n) is 7.38. The lowest BCUT2D eigenvalue weighted by molar-refractivity contribution is -0.120. The predicted octanol–water partition coefficient (Wildman–Crippen LogP) is 3.82. The number of nitrogens with one attached hydrogen (secondary N) is 2. The van der Waals surface area contributed by atoms with E-state index in [-0.39, 0.29) is 12.1 Å². The van der Waals surface area contributed by atoms with E-state index in [1.165, 1.54) is 39.7 Å². The fraction of sp³-hybridized carbons (Fsp3) is 0.192. The first-order chi connectivity index (χ1) is 17.4. The SMILES string of the molecule is COc1cc(C(=O)NCC(=O)NN=Cc2cccc(OCc3ccc(Cl)cc3)c2)cc(OC)c1OC. The van der Waals surface area contributed by atoms with Crippen molar-refractivity contribution in [1.82, 2.24) is 10.7 Å². The van der Waals surface area contributed by atoms with E-state index < -0.39 is 11.8 Å². The minimum atomic E-state index is -0.498. The number of rotatable bonds is 11. The molecular formula is C26H26ClN3O6. The summed E-state index contributed by atoms with van der Waals surface area (Å²) in [7, 11) is 4.37. The van der Waals surface area contributed by atoms with E-state index >= 15 is 0 Å². The van der Waals surface area contributed by atoms with Gasteiger partial charge in [-0.15, -0.1) is 0 Å². The van der Waals surface area contributed by atoms with Gasteiger partial charge in [-0.2, -0.15) is 5.10 Å². The number of amides is 2. The third-order valence-corrected chi connectivity index (χ3v) is 5.17. The Hall–Kier alpha value is -4.24. The average Bonchev–Trinajstić information content (AvgIpc) is 2.90. The summed E-state index contributed by atoms with van der Waals surface area (Å²) in [6, 6.07) is 17.6. The van der Waals surface area contributed by atoms with Crippen LogP contribution in [0.2, 0.25) is 5.02 Å². The largest absolute Gasteiger partial charge is 0.493 e. The third-order valence-electron chi connectivity index (χ3n) is 4.92. The second-order valence-corrected chi connectivity index (χ2v) is 7.81. The van der Waals surface area contributed by atoms with Crippen molar-refractivity contribution in [2.45, 2.75) is 6.61 Å². The van der Waals surface area contributed by atoms with E-state index in [0.717, 1.165) is 11.1 Å². The fourth-order valence-electron chi connectivity index (χ4n) is 3.13. The summed E-state index contributed by atoms with van der Waals surface area (Å²) >= 11 is 5.90. The molecule has 2 amide bonds. The fourth-order valence-corrected chi connectivity index (χ4v) is 3.25. The first kappa shape index (κ1) is 26.4. The van der Waals surface area contributed by atoms with Crippen LogP contribution in [0.4, 0.5) is 0 Å². The lowest BCUT2D eigenvalue weighted by atomic mass is 10.1. The molecule has 0 atom stereocenters. The van der Waals surface area contributed by atoms with Crippen molar-refractivity contribution in [2.75, 3.05) is 27.9 Å². The van der Waals surface area contributed by atoms with Crippen LogP contribution in [0.3, 0.4) is 0 Å². The van der Waals surface area contributed by atoms with Crippen LogP contribution in [0.25, 0.3) is 0 Å². The molecule has 9 nitrogen and oxygen atoms in total. The zero-order valence-corrected chi connectivity index (χ0v) is 20.8. The molecule has 0 fully saturated rings. The summed E-state index contributed by atoms with van der Waals surface area (Å²) in [5.41, 5.74) is 4.34. The van der Waals surface area contributed by atoms with Crippen molar-refractivity contribution in [3.63, 3.8) is 0 Å². The molecule has 3 aromatic rings. The van der Waals surface area contributed by atoms with Crippen molar-refractivity contribution in [2.24, 2.45) is 5.10 Å². The standard InChI is InChI=1S/C26H26ClN3O6/c1-33-22-12-19(13-23(34-2)25(22)35-3)26(32)28-15-24(31)30-29-14-18-5-4-6-21(11-18)36-16-17-7-9-20(27)10-8-17/h4-14H,15-16H2,1-3H3,(H,28,32)(H,30,31). The molecule has 3 aromatic carbocycles. The van der Waals surface area contributed by atoms with Crippen LogP contribution in [0, 0.1) is 0 Å². The molecule has 0 bridgehead atoms. The molecule has 2 N–H and O–H groups in total. The Morgan fingerprint density at radius 3 is 2.28 bits per heavy atom. The summed E-state index contributed by atoms with van der Waals surface area (Å²) < 4.78 is 21.5. The van der Waals surface area contributed by atoms with Crippen LogP contribution < -0.4 is 29.7 Å². The van der Waals surface area contributed by atoms with Gasteiger partial charge in [0, 0.05) is 10.6 Å². The minimum absolute atomic E-state index is 0.246. The quantitative estimate of drug-likeness (QED) is 0.299. The Labute approximate surface area is 214 Å². The molecule has 0 saturated carbocycles. The summed E-state index contributed by atoms with van der Waals surface area (Å²) in [5.74, 6) is 0.688. The highest BCUT2D eigenvalue weighted by Gasteiger charge is 2.17. The highest BCUT2D eigenvalue weighted by Crippen LogP contribution is 2.38. The molecule has 36 heavy (non-hydrogen) atoms. The van der Waals surface area contributed by atoms with E-state index in [4.69, 9.17) is 30.5 Å². The number of nitrogens with zero attached hydrogens (tertiary/aromatic N) is 1. The zero-order chi connectivity index (χ0) is 25.9. The number of halogens is 1. The molecular weight excluding hydrogens is 486 g/mol. The maximum atomic E-state index is 12.5. The predicted molar refractivity (Wildman–Crippen MR) is 136 cm³/mol. The molecule has 0 saturated heterocycles. The lowest BCUT2D eigenvalue weighted by Gasteiger charge is -2.14. The monoisotopic (exact) mass is 511 g/mol. The number of carbonyl (C=O) groups is 2. The van der Waals surface area contributed by atoms with Gasteiger partial charge in [0.1, 0.15) is 12.4 Å².